The normalized spacial score (nSPS) is 10.3. The van der Waals surface area contributed by atoms with Crippen molar-refractivity contribution >= 4 is 39.1 Å². The van der Waals surface area contributed by atoms with Gasteiger partial charge in [-0.25, -0.2) is 4.98 Å². The fraction of sp³-hybridized carbons (Fsp3) is 0.0909. The van der Waals surface area contributed by atoms with Crippen molar-refractivity contribution in [3.63, 3.8) is 0 Å². The topological polar surface area (TPSA) is 55.1 Å². The van der Waals surface area contributed by atoms with Gasteiger partial charge >= 0.3 is 0 Å². The van der Waals surface area contributed by atoms with Gasteiger partial charge in [0.1, 0.15) is 0 Å². The maximum Gasteiger partial charge on any atom is 0.260 e. The van der Waals surface area contributed by atoms with Crippen LogP contribution in [-0.2, 0) is 0 Å². The predicted octanol–water partition coefficient (Wildman–Crippen LogP) is 3.65. The molecular weight excluding hydrogens is 307 g/mol. The Kier molecular flexibility index (Phi) is 3.49. The fourth-order valence-electron chi connectivity index (χ4n) is 1.29. The highest BCUT2D eigenvalue weighted by Crippen LogP contribution is 2.23. The van der Waals surface area contributed by atoms with Gasteiger partial charge in [-0.05, 0) is 40.5 Å². The first-order valence-corrected chi connectivity index (χ1v) is 5.91. The second-order valence-corrected chi connectivity index (χ2v) is 4.49. The summed E-state index contributed by atoms with van der Waals surface area (Å²) in [6.45, 7) is 1.87. The van der Waals surface area contributed by atoms with E-state index in [2.05, 4.69) is 26.2 Å². The van der Waals surface area contributed by atoms with Crippen LogP contribution in [0.15, 0.2) is 33.7 Å². The van der Waals surface area contributed by atoms with Gasteiger partial charge in [-0.3, -0.25) is 4.79 Å². The second kappa shape index (κ2) is 4.89. The molecule has 2 aromatic heterocycles. The molecule has 17 heavy (non-hydrogen) atoms. The molecule has 0 unspecified atom stereocenters. The number of carbonyl (C=O) groups is 1. The first-order chi connectivity index (χ1) is 8.08. The summed E-state index contributed by atoms with van der Waals surface area (Å²) in [7, 11) is 0. The van der Waals surface area contributed by atoms with Crippen LogP contribution in [0.4, 0.5) is 5.69 Å². The van der Waals surface area contributed by atoms with Crippen LogP contribution in [0.5, 0.6) is 0 Å². The summed E-state index contributed by atoms with van der Waals surface area (Å²) in [5, 5.41) is 2.92. The lowest BCUT2D eigenvalue weighted by molar-refractivity contribution is 0.102. The molecule has 2 heterocycles. The van der Waals surface area contributed by atoms with Crippen molar-refractivity contribution in [3.8, 4) is 0 Å². The van der Waals surface area contributed by atoms with Crippen LogP contribution in [0.1, 0.15) is 15.9 Å². The van der Waals surface area contributed by atoms with E-state index in [0.29, 0.717) is 15.9 Å². The number of hydrogen-bond donors (Lipinski definition) is 1. The molecule has 2 aromatic rings. The minimum absolute atomic E-state index is 0.253. The van der Waals surface area contributed by atoms with Crippen molar-refractivity contribution in [2.45, 2.75) is 6.92 Å². The van der Waals surface area contributed by atoms with E-state index in [1.165, 1.54) is 6.26 Å². The molecule has 1 N–H and O–H groups in total. The maximum atomic E-state index is 11.9. The lowest BCUT2D eigenvalue weighted by Gasteiger charge is -2.06. The molecule has 0 saturated carbocycles. The molecule has 0 saturated heterocycles. The Hall–Kier alpha value is -1.33. The minimum atomic E-state index is -0.306. The number of rotatable bonds is 2. The van der Waals surface area contributed by atoms with E-state index < -0.39 is 0 Å². The number of aromatic nitrogens is 1. The van der Waals surface area contributed by atoms with E-state index in [4.69, 9.17) is 16.0 Å². The highest BCUT2D eigenvalue weighted by atomic mass is 79.9. The van der Waals surface area contributed by atoms with Crippen LogP contribution in [0.25, 0.3) is 0 Å². The molecule has 0 atom stereocenters. The zero-order chi connectivity index (χ0) is 12.4. The van der Waals surface area contributed by atoms with Crippen LogP contribution in [-0.4, -0.2) is 10.9 Å². The summed E-state index contributed by atoms with van der Waals surface area (Å²) >= 11 is 9.02. The summed E-state index contributed by atoms with van der Waals surface area (Å²) in [6.07, 6.45) is 3.06. The Morgan fingerprint density at radius 2 is 2.35 bits per heavy atom. The van der Waals surface area contributed by atoms with Crippen LogP contribution < -0.4 is 5.32 Å². The van der Waals surface area contributed by atoms with Gasteiger partial charge in [-0.2, -0.15) is 0 Å². The van der Waals surface area contributed by atoms with Crippen molar-refractivity contribution < 1.29 is 9.21 Å². The molecule has 0 spiro atoms. The summed E-state index contributed by atoms with van der Waals surface area (Å²) in [5.41, 5.74) is 1.79. The standard InChI is InChI=1S/C11H8BrClN2O2/c1-6-4-8(10(13)14-5-6)15-11(16)7-2-3-17-9(7)12/h2-5H,1H3,(H,15,16). The van der Waals surface area contributed by atoms with Gasteiger partial charge in [-0.1, -0.05) is 11.6 Å². The Bertz CT molecular complexity index is 568. The lowest BCUT2D eigenvalue weighted by Crippen LogP contribution is -2.12. The SMILES string of the molecule is Cc1cnc(Cl)c(NC(=O)c2ccoc2Br)c1. The number of halogens is 2. The number of nitrogens with one attached hydrogen (secondary N) is 1. The summed E-state index contributed by atoms with van der Waals surface area (Å²) in [5.74, 6) is -0.306. The number of furan rings is 1. The molecule has 4 nitrogen and oxygen atoms in total. The van der Waals surface area contributed by atoms with Crippen molar-refractivity contribution in [2.24, 2.45) is 0 Å². The molecule has 6 heteroatoms. The molecule has 2 rings (SSSR count). The van der Waals surface area contributed by atoms with Gasteiger partial charge in [0.2, 0.25) is 0 Å². The Balaban J connectivity index is 2.24. The third kappa shape index (κ3) is 2.68. The molecule has 0 bridgehead atoms. The molecule has 0 radical (unpaired) electrons. The van der Waals surface area contributed by atoms with Crippen molar-refractivity contribution in [3.05, 3.63) is 45.5 Å². The third-order valence-corrected chi connectivity index (χ3v) is 3.00. The smallest absolute Gasteiger partial charge is 0.260 e. The maximum absolute atomic E-state index is 11.9. The van der Waals surface area contributed by atoms with Gasteiger partial charge in [0.25, 0.3) is 5.91 Å². The predicted molar refractivity (Wildman–Crippen MR) is 68.3 cm³/mol. The number of pyridine rings is 1. The zero-order valence-corrected chi connectivity index (χ0v) is 11.2. The van der Waals surface area contributed by atoms with Gasteiger partial charge in [-0.15, -0.1) is 0 Å². The first kappa shape index (κ1) is 12.1. The third-order valence-electron chi connectivity index (χ3n) is 2.09. The molecule has 0 aliphatic heterocycles. The van der Waals surface area contributed by atoms with Crippen LogP contribution in [0.2, 0.25) is 5.15 Å². The number of nitrogens with zero attached hydrogens (tertiary/aromatic N) is 1. The lowest BCUT2D eigenvalue weighted by atomic mass is 10.2. The van der Waals surface area contributed by atoms with Gasteiger partial charge in [0.05, 0.1) is 17.5 Å². The van der Waals surface area contributed by atoms with E-state index in [0.717, 1.165) is 5.56 Å². The minimum Gasteiger partial charge on any atom is -0.457 e. The van der Waals surface area contributed by atoms with Crippen molar-refractivity contribution in [2.75, 3.05) is 5.32 Å². The monoisotopic (exact) mass is 314 g/mol. The van der Waals surface area contributed by atoms with E-state index in [-0.39, 0.29) is 11.1 Å². The number of hydrogen-bond acceptors (Lipinski definition) is 3. The highest BCUT2D eigenvalue weighted by molar-refractivity contribution is 9.10. The van der Waals surface area contributed by atoms with Crippen LogP contribution in [0, 0.1) is 6.92 Å². The van der Waals surface area contributed by atoms with Crippen molar-refractivity contribution in [1.82, 2.24) is 4.98 Å². The summed E-state index contributed by atoms with van der Waals surface area (Å²) in [4.78, 5) is 15.8. The molecule has 88 valence electrons. The zero-order valence-electron chi connectivity index (χ0n) is 8.83. The fourth-order valence-corrected chi connectivity index (χ4v) is 1.86. The second-order valence-electron chi connectivity index (χ2n) is 3.41. The molecule has 1 amide bonds. The number of carbonyl (C=O) groups excluding carboxylic acids is 1. The van der Waals surface area contributed by atoms with Crippen LogP contribution >= 0.6 is 27.5 Å². The molecule has 0 aliphatic rings. The average Bonchev–Trinajstić information content (AvgIpc) is 2.70. The Labute approximate surface area is 111 Å². The number of aryl methyl sites for hydroxylation is 1. The van der Waals surface area contributed by atoms with Gasteiger partial charge < -0.3 is 9.73 Å². The largest absolute Gasteiger partial charge is 0.457 e. The number of anilines is 1. The molecule has 0 fully saturated rings. The molecular formula is C11H8BrClN2O2. The van der Waals surface area contributed by atoms with E-state index in [1.807, 2.05) is 6.92 Å². The van der Waals surface area contributed by atoms with E-state index in [1.54, 1.807) is 18.3 Å². The van der Waals surface area contributed by atoms with Crippen molar-refractivity contribution in [1.29, 1.82) is 0 Å². The molecule has 0 aromatic carbocycles. The first-order valence-electron chi connectivity index (χ1n) is 4.74. The van der Waals surface area contributed by atoms with E-state index >= 15 is 0 Å². The molecule has 0 aliphatic carbocycles. The Morgan fingerprint density at radius 1 is 1.59 bits per heavy atom. The Morgan fingerprint density at radius 3 is 3.00 bits per heavy atom. The highest BCUT2D eigenvalue weighted by Gasteiger charge is 2.14. The summed E-state index contributed by atoms with van der Waals surface area (Å²) in [6, 6.07) is 3.32. The quantitative estimate of drug-likeness (QED) is 0.861. The van der Waals surface area contributed by atoms with Gasteiger partial charge in [0, 0.05) is 6.20 Å². The average molecular weight is 316 g/mol. The van der Waals surface area contributed by atoms with E-state index in [9.17, 15) is 4.79 Å². The number of amides is 1. The van der Waals surface area contributed by atoms with Crippen LogP contribution in [0.3, 0.4) is 0 Å². The summed E-state index contributed by atoms with van der Waals surface area (Å²) < 4.78 is 5.37. The van der Waals surface area contributed by atoms with Gasteiger partial charge in [0.15, 0.2) is 9.82 Å².